The van der Waals surface area contributed by atoms with Crippen LogP contribution in [0.15, 0.2) is 36.0 Å². The van der Waals surface area contributed by atoms with E-state index in [9.17, 15) is 14.4 Å². The van der Waals surface area contributed by atoms with Crippen molar-refractivity contribution in [2.75, 3.05) is 11.9 Å². The van der Waals surface area contributed by atoms with Crippen molar-refractivity contribution < 1.29 is 14.4 Å². The lowest BCUT2D eigenvalue weighted by molar-refractivity contribution is -0.127. The summed E-state index contributed by atoms with van der Waals surface area (Å²) in [5.74, 6) is -0.943. The number of anilines is 1. The minimum Gasteiger partial charge on any atom is -0.346 e. The number of nitrogens with zero attached hydrogens (tertiary/aromatic N) is 2. The van der Waals surface area contributed by atoms with E-state index in [2.05, 4.69) is 29.0 Å². The highest BCUT2D eigenvalue weighted by molar-refractivity contribution is 6.16. The van der Waals surface area contributed by atoms with Crippen molar-refractivity contribution in [1.29, 1.82) is 0 Å². The summed E-state index contributed by atoms with van der Waals surface area (Å²) in [6, 6.07) is 8.99. The maximum atomic E-state index is 12.7. The van der Waals surface area contributed by atoms with Gasteiger partial charge in [0.25, 0.3) is 5.91 Å². The molecule has 1 saturated heterocycles. The molecule has 0 radical (unpaired) electrons. The summed E-state index contributed by atoms with van der Waals surface area (Å²) in [5, 5.41) is 5.29. The maximum Gasteiger partial charge on any atom is 0.329 e. The monoisotopic (exact) mass is 394 g/mol. The lowest BCUT2D eigenvalue weighted by atomic mass is 10.2. The van der Waals surface area contributed by atoms with Gasteiger partial charge in [0.05, 0.1) is 0 Å². The number of hydrogen-bond acceptors (Lipinski definition) is 3. The number of amides is 4. The summed E-state index contributed by atoms with van der Waals surface area (Å²) >= 11 is 0. The van der Waals surface area contributed by atoms with E-state index in [-0.39, 0.29) is 18.3 Å². The molecule has 1 aromatic carbocycles. The molecule has 0 atom stereocenters. The van der Waals surface area contributed by atoms with Gasteiger partial charge in [-0.3, -0.25) is 9.59 Å². The molecule has 1 fully saturated rings. The number of aromatic nitrogens is 1. The Morgan fingerprint density at radius 1 is 1.17 bits per heavy atom. The van der Waals surface area contributed by atoms with E-state index in [1.165, 1.54) is 0 Å². The molecule has 2 N–H and O–H groups in total. The molecule has 0 unspecified atom stereocenters. The summed E-state index contributed by atoms with van der Waals surface area (Å²) in [6.45, 7) is 9.74. The first kappa shape index (κ1) is 20.4. The van der Waals surface area contributed by atoms with Crippen LogP contribution < -0.4 is 10.6 Å². The number of rotatable bonds is 5. The fourth-order valence-corrected chi connectivity index (χ4v) is 3.68. The van der Waals surface area contributed by atoms with E-state index in [1.54, 1.807) is 12.1 Å². The minimum atomic E-state index is -0.599. The minimum absolute atomic E-state index is 0.169. The molecule has 1 aromatic heterocycles. The van der Waals surface area contributed by atoms with E-state index in [4.69, 9.17) is 0 Å². The number of aryl methyl sites for hydroxylation is 2. The molecule has 4 amide bonds. The van der Waals surface area contributed by atoms with Crippen LogP contribution >= 0.6 is 0 Å². The Kier molecular flexibility index (Phi) is 5.59. The highest BCUT2D eigenvalue weighted by Crippen LogP contribution is 2.23. The van der Waals surface area contributed by atoms with Crippen LogP contribution in [0.3, 0.4) is 0 Å². The molecule has 2 aromatic rings. The molecule has 0 aliphatic carbocycles. The summed E-state index contributed by atoms with van der Waals surface area (Å²) in [5.41, 5.74) is 4.76. The molecule has 0 spiro atoms. The molecular formula is C22H26N4O3. The lowest BCUT2D eigenvalue weighted by Gasteiger charge is -2.13. The van der Waals surface area contributed by atoms with Crippen molar-refractivity contribution in [3.05, 3.63) is 58.5 Å². The summed E-state index contributed by atoms with van der Waals surface area (Å²) in [6.07, 6.45) is 1.67. The third-order valence-electron chi connectivity index (χ3n) is 4.91. The van der Waals surface area contributed by atoms with Gasteiger partial charge in [-0.2, -0.15) is 0 Å². The van der Waals surface area contributed by atoms with Crippen LogP contribution in [0, 0.1) is 20.8 Å². The zero-order chi connectivity index (χ0) is 21.3. The highest BCUT2D eigenvalue weighted by atomic mass is 16.2. The molecule has 7 nitrogen and oxygen atoms in total. The predicted octanol–water partition coefficient (Wildman–Crippen LogP) is 3.53. The standard InChI is InChI=1S/C22H26N4O3/c1-13(2)26-15(4)10-17(16(26)5)11-19-21(28)25(22(29)24-19)12-20(27)23-18-8-6-7-14(3)9-18/h6-11,13H,12H2,1-5H3,(H,23,27)(H,24,29)/b19-11-. The second-order valence-electron chi connectivity index (χ2n) is 7.59. The summed E-state index contributed by atoms with van der Waals surface area (Å²) in [4.78, 5) is 38.2. The molecule has 3 rings (SSSR count). The quantitative estimate of drug-likeness (QED) is 0.601. The second kappa shape index (κ2) is 7.95. The molecule has 7 heteroatoms. The maximum absolute atomic E-state index is 12.7. The van der Waals surface area contributed by atoms with E-state index in [0.717, 1.165) is 27.4 Å². The van der Waals surface area contributed by atoms with Crippen LogP contribution in [-0.2, 0) is 9.59 Å². The van der Waals surface area contributed by atoms with E-state index in [0.29, 0.717) is 5.69 Å². The van der Waals surface area contributed by atoms with Crippen molar-refractivity contribution in [2.45, 2.75) is 40.7 Å². The van der Waals surface area contributed by atoms with E-state index < -0.39 is 17.8 Å². The molecule has 1 aliphatic heterocycles. The third kappa shape index (κ3) is 4.23. The molecule has 0 bridgehead atoms. The first-order valence-corrected chi connectivity index (χ1v) is 9.57. The lowest BCUT2D eigenvalue weighted by Crippen LogP contribution is -2.38. The van der Waals surface area contributed by atoms with E-state index in [1.807, 2.05) is 45.0 Å². The summed E-state index contributed by atoms with van der Waals surface area (Å²) in [7, 11) is 0. The largest absolute Gasteiger partial charge is 0.346 e. The number of imide groups is 1. The van der Waals surface area contributed by atoms with Gasteiger partial charge >= 0.3 is 6.03 Å². The SMILES string of the molecule is Cc1cccc(NC(=O)CN2C(=O)N/C(=C\c3cc(C)n(C(C)C)c3C)C2=O)c1. The average Bonchev–Trinajstić information content (AvgIpc) is 3.05. The number of carbonyl (C=O) groups is 3. The third-order valence-corrected chi connectivity index (χ3v) is 4.91. The fraction of sp³-hybridized carbons (Fsp3) is 0.318. The van der Waals surface area contributed by atoms with Crippen molar-refractivity contribution in [3.8, 4) is 0 Å². The van der Waals surface area contributed by atoms with Gasteiger partial charge in [-0.15, -0.1) is 0 Å². The van der Waals surface area contributed by atoms with Gasteiger partial charge in [-0.25, -0.2) is 9.69 Å². The Morgan fingerprint density at radius 3 is 2.52 bits per heavy atom. The van der Waals surface area contributed by atoms with E-state index >= 15 is 0 Å². The Labute approximate surface area is 170 Å². The zero-order valence-electron chi connectivity index (χ0n) is 17.4. The molecule has 152 valence electrons. The van der Waals surface area contributed by atoms with Crippen molar-refractivity contribution >= 4 is 29.6 Å². The molecule has 1 aliphatic rings. The second-order valence-corrected chi connectivity index (χ2v) is 7.59. The Bertz CT molecular complexity index is 1020. The Hall–Kier alpha value is -3.35. The predicted molar refractivity (Wildman–Crippen MR) is 112 cm³/mol. The van der Waals surface area contributed by atoms with Crippen molar-refractivity contribution in [2.24, 2.45) is 0 Å². The molecule has 2 heterocycles. The Balaban J connectivity index is 1.75. The number of nitrogens with one attached hydrogen (secondary N) is 2. The van der Waals surface area contributed by atoms with Gasteiger partial charge in [-0.1, -0.05) is 12.1 Å². The van der Waals surface area contributed by atoms with Gasteiger partial charge in [0.1, 0.15) is 12.2 Å². The fourth-order valence-electron chi connectivity index (χ4n) is 3.68. The van der Waals surface area contributed by atoms with Crippen LogP contribution in [0.4, 0.5) is 10.5 Å². The van der Waals surface area contributed by atoms with Gasteiger partial charge in [0.15, 0.2) is 0 Å². The van der Waals surface area contributed by atoms with Crippen LogP contribution in [0.25, 0.3) is 6.08 Å². The molecular weight excluding hydrogens is 368 g/mol. The van der Waals surface area contributed by atoms with Crippen LogP contribution in [0.2, 0.25) is 0 Å². The smallest absolute Gasteiger partial charge is 0.329 e. The van der Waals surface area contributed by atoms with Crippen molar-refractivity contribution in [3.63, 3.8) is 0 Å². The topological polar surface area (TPSA) is 83.4 Å². The first-order valence-electron chi connectivity index (χ1n) is 9.57. The normalized spacial score (nSPS) is 15.4. The van der Waals surface area contributed by atoms with Crippen LogP contribution in [-0.4, -0.2) is 33.9 Å². The van der Waals surface area contributed by atoms with Crippen LogP contribution in [0.1, 0.15) is 42.4 Å². The van der Waals surface area contributed by atoms with Crippen LogP contribution in [0.5, 0.6) is 0 Å². The van der Waals surface area contributed by atoms with Gasteiger partial charge in [-0.05, 0) is 70.0 Å². The zero-order valence-corrected chi connectivity index (χ0v) is 17.4. The first-order chi connectivity index (χ1) is 13.7. The number of hydrogen-bond donors (Lipinski definition) is 2. The summed E-state index contributed by atoms with van der Waals surface area (Å²) < 4.78 is 2.17. The average molecular weight is 394 g/mol. The number of benzene rings is 1. The Morgan fingerprint density at radius 2 is 1.90 bits per heavy atom. The number of urea groups is 1. The van der Waals surface area contributed by atoms with Crippen molar-refractivity contribution in [1.82, 2.24) is 14.8 Å². The van der Waals surface area contributed by atoms with Gasteiger partial charge in [0, 0.05) is 23.1 Å². The molecule has 0 saturated carbocycles. The van der Waals surface area contributed by atoms with Gasteiger partial charge in [0.2, 0.25) is 5.91 Å². The van der Waals surface area contributed by atoms with Gasteiger partial charge < -0.3 is 15.2 Å². The molecule has 29 heavy (non-hydrogen) atoms. The highest BCUT2D eigenvalue weighted by Gasteiger charge is 2.35. The number of carbonyl (C=O) groups excluding carboxylic acids is 3.